The smallest absolute Gasteiger partial charge is 0.223 e. The van der Waals surface area contributed by atoms with Crippen LogP contribution >= 0.6 is 15.9 Å². The molecule has 1 aromatic carbocycles. The van der Waals surface area contributed by atoms with Crippen LogP contribution in [0, 0.1) is 0 Å². The number of rotatable bonds is 8. The van der Waals surface area contributed by atoms with Gasteiger partial charge in [0.1, 0.15) is 5.75 Å². The Labute approximate surface area is 129 Å². The highest BCUT2D eigenvalue weighted by Crippen LogP contribution is 2.17. The third kappa shape index (κ3) is 5.92. The summed E-state index contributed by atoms with van der Waals surface area (Å²) in [5, 5.41) is 2.87. The molecule has 0 aliphatic heterocycles. The van der Waals surface area contributed by atoms with Gasteiger partial charge in [0.15, 0.2) is 0 Å². The summed E-state index contributed by atoms with van der Waals surface area (Å²) in [4.78, 5) is 11.7. The van der Waals surface area contributed by atoms with Gasteiger partial charge in [0.25, 0.3) is 0 Å². The standard InChI is InChI=1S/C15H23BrN2O2/c1-3-15(17,4-2)11-18-14(19)8-9-20-13-7-5-6-12(16)10-13/h5-7,10H,3-4,8-9,11,17H2,1-2H3,(H,18,19). The van der Waals surface area contributed by atoms with Crippen molar-refractivity contribution in [2.45, 2.75) is 38.6 Å². The molecule has 0 aliphatic rings. The molecule has 4 nitrogen and oxygen atoms in total. The summed E-state index contributed by atoms with van der Waals surface area (Å²) in [5.41, 5.74) is 5.83. The van der Waals surface area contributed by atoms with Crippen LogP contribution in [0.1, 0.15) is 33.1 Å². The number of hydrogen-bond acceptors (Lipinski definition) is 3. The molecule has 0 fully saturated rings. The van der Waals surface area contributed by atoms with E-state index in [9.17, 15) is 4.79 Å². The fourth-order valence-electron chi connectivity index (χ4n) is 1.68. The van der Waals surface area contributed by atoms with Crippen LogP contribution in [0.25, 0.3) is 0 Å². The van der Waals surface area contributed by atoms with E-state index >= 15 is 0 Å². The molecule has 3 N–H and O–H groups in total. The lowest BCUT2D eigenvalue weighted by Gasteiger charge is -2.26. The average molecular weight is 343 g/mol. The Morgan fingerprint density at radius 1 is 1.40 bits per heavy atom. The Morgan fingerprint density at radius 2 is 2.10 bits per heavy atom. The second kappa shape index (κ2) is 8.27. The number of carbonyl (C=O) groups excluding carboxylic acids is 1. The maximum Gasteiger partial charge on any atom is 0.223 e. The Hall–Kier alpha value is -1.07. The summed E-state index contributed by atoms with van der Waals surface area (Å²) in [7, 11) is 0. The minimum atomic E-state index is -0.305. The molecule has 0 spiro atoms. The van der Waals surface area contributed by atoms with Crippen molar-refractivity contribution < 1.29 is 9.53 Å². The molecule has 1 amide bonds. The maximum atomic E-state index is 11.7. The van der Waals surface area contributed by atoms with Crippen LogP contribution < -0.4 is 15.8 Å². The molecule has 0 aromatic heterocycles. The maximum absolute atomic E-state index is 11.7. The Balaban J connectivity index is 2.27. The molecular formula is C15H23BrN2O2. The molecule has 112 valence electrons. The van der Waals surface area contributed by atoms with E-state index in [1.165, 1.54) is 0 Å². The van der Waals surface area contributed by atoms with Crippen LogP contribution in [0.5, 0.6) is 5.75 Å². The van der Waals surface area contributed by atoms with E-state index in [1.54, 1.807) is 0 Å². The van der Waals surface area contributed by atoms with Gasteiger partial charge in [-0.25, -0.2) is 0 Å². The van der Waals surface area contributed by atoms with Crippen LogP contribution in [0.3, 0.4) is 0 Å². The topological polar surface area (TPSA) is 64.3 Å². The first-order valence-electron chi connectivity index (χ1n) is 6.93. The monoisotopic (exact) mass is 342 g/mol. The van der Waals surface area contributed by atoms with Crippen molar-refractivity contribution in [2.75, 3.05) is 13.2 Å². The summed E-state index contributed by atoms with van der Waals surface area (Å²) in [6, 6.07) is 7.55. The molecule has 0 saturated carbocycles. The minimum absolute atomic E-state index is 0.0308. The number of hydrogen-bond donors (Lipinski definition) is 2. The first-order chi connectivity index (χ1) is 9.49. The van der Waals surface area contributed by atoms with Gasteiger partial charge >= 0.3 is 0 Å². The second-order valence-corrected chi connectivity index (χ2v) is 5.82. The molecule has 1 aromatic rings. The zero-order chi connectivity index (χ0) is 15.0. The van der Waals surface area contributed by atoms with Crippen molar-refractivity contribution in [1.29, 1.82) is 0 Å². The van der Waals surface area contributed by atoms with Crippen LogP contribution in [0.4, 0.5) is 0 Å². The Kier molecular flexibility index (Phi) is 7.02. The van der Waals surface area contributed by atoms with E-state index in [2.05, 4.69) is 21.2 Å². The summed E-state index contributed by atoms with van der Waals surface area (Å²) in [5.74, 6) is 0.721. The van der Waals surface area contributed by atoms with E-state index in [0.717, 1.165) is 23.1 Å². The van der Waals surface area contributed by atoms with E-state index < -0.39 is 0 Å². The van der Waals surface area contributed by atoms with Gasteiger partial charge in [-0.15, -0.1) is 0 Å². The van der Waals surface area contributed by atoms with Gasteiger partial charge in [-0.3, -0.25) is 4.79 Å². The average Bonchev–Trinajstić information content (AvgIpc) is 2.45. The highest BCUT2D eigenvalue weighted by Gasteiger charge is 2.20. The highest BCUT2D eigenvalue weighted by molar-refractivity contribution is 9.10. The normalized spacial score (nSPS) is 11.2. The number of benzene rings is 1. The van der Waals surface area contributed by atoms with Crippen LogP contribution in [-0.4, -0.2) is 24.6 Å². The van der Waals surface area contributed by atoms with Crippen LogP contribution in [-0.2, 0) is 4.79 Å². The molecular weight excluding hydrogens is 320 g/mol. The van der Waals surface area contributed by atoms with E-state index in [1.807, 2.05) is 38.1 Å². The summed E-state index contributed by atoms with van der Waals surface area (Å²) >= 11 is 3.37. The van der Waals surface area contributed by atoms with E-state index in [-0.39, 0.29) is 11.4 Å². The summed E-state index contributed by atoms with van der Waals surface area (Å²) in [6.45, 7) is 4.94. The lowest BCUT2D eigenvalue weighted by Crippen LogP contribution is -2.49. The molecule has 0 aliphatic carbocycles. The fraction of sp³-hybridized carbons (Fsp3) is 0.533. The summed E-state index contributed by atoms with van der Waals surface area (Å²) in [6.07, 6.45) is 2.02. The molecule has 1 rings (SSSR count). The number of nitrogens with one attached hydrogen (secondary N) is 1. The van der Waals surface area contributed by atoms with E-state index in [4.69, 9.17) is 10.5 Å². The third-order valence-corrected chi connectivity index (χ3v) is 3.93. The fourth-order valence-corrected chi connectivity index (χ4v) is 2.06. The molecule has 0 radical (unpaired) electrons. The number of ether oxygens (including phenoxy) is 1. The molecule has 5 heteroatoms. The van der Waals surface area contributed by atoms with Crippen molar-refractivity contribution in [3.63, 3.8) is 0 Å². The lowest BCUT2D eigenvalue weighted by atomic mass is 9.94. The minimum Gasteiger partial charge on any atom is -0.493 e. The van der Waals surface area contributed by atoms with Gasteiger partial charge in [-0.1, -0.05) is 35.8 Å². The van der Waals surface area contributed by atoms with E-state index in [0.29, 0.717) is 19.6 Å². The lowest BCUT2D eigenvalue weighted by molar-refractivity contribution is -0.121. The Bertz CT molecular complexity index is 434. The first-order valence-corrected chi connectivity index (χ1v) is 7.72. The van der Waals surface area contributed by atoms with Crippen LogP contribution in [0.15, 0.2) is 28.7 Å². The molecule has 20 heavy (non-hydrogen) atoms. The number of nitrogens with two attached hydrogens (primary N) is 1. The molecule has 0 heterocycles. The number of carbonyl (C=O) groups is 1. The van der Waals surface area contributed by atoms with Crippen molar-refractivity contribution in [3.05, 3.63) is 28.7 Å². The van der Waals surface area contributed by atoms with Gasteiger partial charge in [0, 0.05) is 16.6 Å². The molecule has 0 unspecified atom stereocenters. The first kappa shape index (κ1) is 17.0. The molecule has 0 bridgehead atoms. The predicted molar refractivity (Wildman–Crippen MR) is 84.8 cm³/mol. The Morgan fingerprint density at radius 3 is 2.70 bits per heavy atom. The van der Waals surface area contributed by atoms with Gasteiger partial charge in [0.05, 0.1) is 13.0 Å². The van der Waals surface area contributed by atoms with Gasteiger partial charge in [-0.05, 0) is 31.0 Å². The zero-order valence-corrected chi connectivity index (χ0v) is 13.7. The molecule has 0 atom stereocenters. The van der Waals surface area contributed by atoms with Gasteiger partial charge in [0.2, 0.25) is 5.91 Å². The zero-order valence-electron chi connectivity index (χ0n) is 12.1. The third-order valence-electron chi connectivity index (χ3n) is 3.44. The molecule has 0 saturated heterocycles. The predicted octanol–water partition coefficient (Wildman–Crippen LogP) is 2.85. The van der Waals surface area contributed by atoms with Crippen molar-refractivity contribution in [3.8, 4) is 5.75 Å². The summed E-state index contributed by atoms with van der Waals surface area (Å²) < 4.78 is 6.48. The van der Waals surface area contributed by atoms with Crippen LogP contribution in [0.2, 0.25) is 0 Å². The van der Waals surface area contributed by atoms with Crippen molar-refractivity contribution in [1.82, 2.24) is 5.32 Å². The number of halogens is 1. The SMILES string of the molecule is CCC(N)(CC)CNC(=O)CCOc1cccc(Br)c1. The van der Waals surface area contributed by atoms with Crippen molar-refractivity contribution in [2.24, 2.45) is 5.73 Å². The van der Waals surface area contributed by atoms with Crippen molar-refractivity contribution >= 4 is 21.8 Å². The largest absolute Gasteiger partial charge is 0.493 e. The number of amides is 1. The second-order valence-electron chi connectivity index (χ2n) is 4.90. The highest BCUT2D eigenvalue weighted by atomic mass is 79.9. The quantitative estimate of drug-likeness (QED) is 0.763. The van der Waals surface area contributed by atoms with Gasteiger partial charge < -0.3 is 15.8 Å². The van der Waals surface area contributed by atoms with Gasteiger partial charge in [-0.2, -0.15) is 0 Å².